The lowest BCUT2D eigenvalue weighted by Crippen LogP contribution is -2.54. The van der Waals surface area contributed by atoms with Crippen molar-refractivity contribution in [3.63, 3.8) is 0 Å². The maximum Gasteiger partial charge on any atom is 0.408 e. The van der Waals surface area contributed by atoms with Gasteiger partial charge in [0.05, 0.1) is 23.5 Å². The molecule has 2 saturated heterocycles. The number of hydrogen-bond donors (Lipinski definition) is 4. The first kappa shape index (κ1) is 37.8. The van der Waals surface area contributed by atoms with E-state index in [1.165, 1.54) is 4.90 Å². The molecule has 4 amide bonds. The lowest BCUT2D eigenvalue weighted by atomic mass is 9.99. The molecule has 2 aliphatic heterocycles. The summed E-state index contributed by atoms with van der Waals surface area (Å²) in [7, 11) is 0. The Morgan fingerprint density at radius 3 is 1.58 bits per heavy atom. The predicted octanol–water partition coefficient (Wildman–Crippen LogP) is 7.18. The Bertz CT molecular complexity index is 2270. The van der Waals surface area contributed by atoms with E-state index in [9.17, 15) is 24.3 Å². The summed E-state index contributed by atoms with van der Waals surface area (Å²) in [5.41, 5.74) is 5.71. The van der Waals surface area contributed by atoms with E-state index in [4.69, 9.17) is 9.97 Å². The first-order valence-electron chi connectivity index (χ1n) is 21.7. The second-order valence-corrected chi connectivity index (χ2v) is 18.7. The van der Waals surface area contributed by atoms with Crippen molar-refractivity contribution in [3.05, 3.63) is 72.6 Å². The average molecular weight is 799 g/mol. The van der Waals surface area contributed by atoms with E-state index in [0.29, 0.717) is 11.8 Å². The molecule has 4 N–H and O–H groups in total. The van der Waals surface area contributed by atoms with E-state index < -0.39 is 18.2 Å². The number of likely N-dealkylation sites (tertiary alicyclic amines) is 2. The zero-order valence-electron chi connectivity index (χ0n) is 34.2. The quantitative estimate of drug-likeness (QED) is 0.111. The number of nitrogens with one attached hydrogen (secondary N) is 3. The molecule has 2 aromatic heterocycles. The van der Waals surface area contributed by atoms with Gasteiger partial charge in [-0.05, 0) is 86.2 Å². The fourth-order valence-corrected chi connectivity index (χ4v) is 10.0. The number of aromatic amines is 2. The summed E-state index contributed by atoms with van der Waals surface area (Å²) in [6, 6.07) is 15.4. The molecule has 0 unspecified atom stereocenters. The van der Waals surface area contributed by atoms with Crippen molar-refractivity contribution < 1.29 is 24.3 Å². The first-order valence-corrected chi connectivity index (χ1v) is 21.7. The summed E-state index contributed by atoms with van der Waals surface area (Å²) in [6.07, 6.45) is 9.93. The molecule has 0 radical (unpaired) electrons. The highest BCUT2D eigenvalue weighted by Gasteiger charge is 2.58. The number of H-pyrrole nitrogens is 2. The number of carbonyl (C=O) groups excluding carboxylic acids is 3. The van der Waals surface area contributed by atoms with Crippen LogP contribution in [0.2, 0.25) is 0 Å². The van der Waals surface area contributed by atoms with Crippen molar-refractivity contribution in [3.8, 4) is 33.6 Å². The molecule has 4 heterocycles. The van der Waals surface area contributed by atoms with Gasteiger partial charge in [-0.1, -0.05) is 76.2 Å². The van der Waals surface area contributed by atoms with Gasteiger partial charge in [0.15, 0.2) is 0 Å². The van der Waals surface area contributed by atoms with Crippen molar-refractivity contribution >= 4 is 23.8 Å². The minimum atomic E-state index is -1.01. The number of aromatic nitrogens is 4. The van der Waals surface area contributed by atoms with Crippen LogP contribution < -0.4 is 5.32 Å². The van der Waals surface area contributed by atoms with Crippen LogP contribution in [0.4, 0.5) is 4.79 Å². The summed E-state index contributed by atoms with van der Waals surface area (Å²) in [5, 5.41) is 13.1. The number of rotatable bonds is 13. The molecular weight excluding hydrogens is 745 g/mol. The van der Waals surface area contributed by atoms with Gasteiger partial charge in [0, 0.05) is 47.6 Å². The summed E-state index contributed by atoms with van der Waals surface area (Å²) in [6.45, 7) is 7.88. The third-order valence-electron chi connectivity index (χ3n) is 13.8. The Kier molecular flexibility index (Phi) is 9.21. The molecule has 6 aliphatic rings. The molecule has 10 rings (SSSR count). The average Bonchev–Trinajstić information content (AvgIpc) is 4.18. The fourth-order valence-electron chi connectivity index (χ4n) is 10.0. The highest BCUT2D eigenvalue weighted by atomic mass is 16.4. The molecule has 13 nitrogen and oxygen atoms in total. The topological polar surface area (TPSA) is 168 Å². The second kappa shape index (κ2) is 14.4. The number of fused-ring (bicyclic) bond motifs is 2. The van der Waals surface area contributed by atoms with E-state index >= 15 is 0 Å². The molecular formula is C46H54N8O5. The van der Waals surface area contributed by atoms with Crippen LogP contribution in [0.25, 0.3) is 33.6 Å². The third kappa shape index (κ3) is 6.99. The van der Waals surface area contributed by atoms with Gasteiger partial charge >= 0.3 is 6.09 Å². The van der Waals surface area contributed by atoms with E-state index in [2.05, 4.69) is 63.8 Å². The van der Waals surface area contributed by atoms with Crippen LogP contribution in [0, 0.1) is 29.6 Å². The molecule has 4 saturated carbocycles. The van der Waals surface area contributed by atoms with Gasteiger partial charge in [0.1, 0.15) is 23.7 Å². The van der Waals surface area contributed by atoms with Gasteiger partial charge in [-0.25, -0.2) is 14.8 Å². The lowest BCUT2D eigenvalue weighted by molar-refractivity contribution is -0.140. The van der Waals surface area contributed by atoms with Gasteiger partial charge in [-0.2, -0.15) is 0 Å². The standard InChI is InChI=1S/C46H54N8O5/c1-23(2)39(51-43(55)29-13-14-29)44(56)53-35-17-30(35)19-37(53)41-47-21-33(49-41)27-9-5-25(6-10-27)26-7-11-28(12-8-26)34-22-48-42(50-34)38-20-31-18-36(31)54(38)45(57)40(24(3)4)52(46(58)59)32-15-16-32/h5-12,21-24,29-32,35-40H,13-20H2,1-4H3,(H,47,49)(H,48,50)(H,51,55)(H,58,59)/t30-,31+,35+,36+,37-,38-,39-,40-/m0/s1. The van der Waals surface area contributed by atoms with Crippen molar-refractivity contribution in [2.45, 2.75) is 121 Å². The number of nitrogens with zero attached hydrogens (tertiary/aromatic N) is 5. The van der Waals surface area contributed by atoms with E-state index in [1.54, 1.807) is 0 Å². The van der Waals surface area contributed by atoms with Crippen molar-refractivity contribution in [2.75, 3.05) is 0 Å². The fraction of sp³-hybridized carbons (Fsp3) is 0.522. The molecule has 0 spiro atoms. The number of hydrogen-bond acceptors (Lipinski definition) is 6. The Hall–Kier alpha value is -5.46. The maximum absolute atomic E-state index is 14.2. The molecule has 8 atom stereocenters. The number of carboxylic acid groups (broad SMARTS) is 1. The predicted molar refractivity (Wildman–Crippen MR) is 220 cm³/mol. The summed E-state index contributed by atoms with van der Waals surface area (Å²) >= 11 is 0. The highest BCUT2D eigenvalue weighted by molar-refractivity contribution is 5.90. The van der Waals surface area contributed by atoms with Crippen LogP contribution in [0.1, 0.15) is 103 Å². The van der Waals surface area contributed by atoms with Crippen LogP contribution in [0.15, 0.2) is 60.9 Å². The smallest absolute Gasteiger partial charge is 0.408 e. The normalized spacial score (nSPS) is 26.4. The number of amides is 4. The minimum Gasteiger partial charge on any atom is -0.465 e. The molecule has 308 valence electrons. The minimum absolute atomic E-state index is 0.00164. The summed E-state index contributed by atoms with van der Waals surface area (Å²) < 4.78 is 0. The monoisotopic (exact) mass is 798 g/mol. The van der Waals surface area contributed by atoms with E-state index in [-0.39, 0.29) is 65.7 Å². The van der Waals surface area contributed by atoms with Crippen molar-refractivity contribution in [2.24, 2.45) is 29.6 Å². The zero-order chi connectivity index (χ0) is 40.9. The molecule has 59 heavy (non-hydrogen) atoms. The van der Waals surface area contributed by atoms with E-state index in [0.717, 1.165) is 96.7 Å². The van der Waals surface area contributed by atoms with Gasteiger partial charge in [0.2, 0.25) is 17.7 Å². The maximum atomic E-state index is 14.2. The molecule has 13 heteroatoms. The number of imidazole rings is 2. The Balaban J connectivity index is 0.807. The van der Waals surface area contributed by atoms with Gasteiger partial charge in [0.25, 0.3) is 0 Å². The Morgan fingerprint density at radius 2 is 1.15 bits per heavy atom. The molecule has 4 aromatic rings. The first-order chi connectivity index (χ1) is 28.4. The van der Waals surface area contributed by atoms with Crippen LogP contribution in [-0.4, -0.2) is 93.8 Å². The van der Waals surface area contributed by atoms with Crippen LogP contribution >= 0.6 is 0 Å². The number of piperidine rings is 2. The third-order valence-corrected chi connectivity index (χ3v) is 13.8. The van der Waals surface area contributed by atoms with Crippen molar-refractivity contribution in [1.29, 1.82) is 0 Å². The van der Waals surface area contributed by atoms with Gasteiger partial charge < -0.3 is 30.2 Å². The largest absolute Gasteiger partial charge is 0.465 e. The zero-order valence-corrected chi connectivity index (χ0v) is 34.2. The molecule has 2 aromatic carbocycles. The lowest BCUT2D eigenvalue weighted by Gasteiger charge is -2.37. The van der Waals surface area contributed by atoms with Gasteiger partial charge in [-0.15, -0.1) is 0 Å². The Morgan fingerprint density at radius 1 is 0.678 bits per heavy atom. The van der Waals surface area contributed by atoms with Gasteiger partial charge in [-0.3, -0.25) is 19.3 Å². The van der Waals surface area contributed by atoms with Crippen molar-refractivity contribution in [1.82, 2.24) is 40.0 Å². The molecule has 6 fully saturated rings. The summed E-state index contributed by atoms with van der Waals surface area (Å²) in [4.78, 5) is 75.2. The summed E-state index contributed by atoms with van der Waals surface area (Å²) in [5.74, 6) is 2.28. The van der Waals surface area contributed by atoms with Crippen LogP contribution in [0.5, 0.6) is 0 Å². The van der Waals surface area contributed by atoms with Crippen LogP contribution in [0.3, 0.4) is 0 Å². The van der Waals surface area contributed by atoms with E-state index in [1.807, 2.05) is 49.9 Å². The number of carbonyl (C=O) groups is 4. The second-order valence-electron chi connectivity index (χ2n) is 18.7. The molecule has 4 aliphatic carbocycles. The van der Waals surface area contributed by atoms with Crippen LogP contribution in [-0.2, 0) is 14.4 Å². The highest BCUT2D eigenvalue weighted by Crippen LogP contribution is 2.55. The molecule has 0 bridgehead atoms. The number of benzene rings is 2. The SMILES string of the molecule is CC(C)[C@H](NC(=O)C1CC1)C(=O)N1[C@@H]2C[C@H]2C[C@H]1c1nc(-c2ccc(-c3ccc(-c4c[nH]c([C@@H]5C[C@H]6C[C@H]6N5C(=O)[C@H](C(C)C)N(C(=O)O)C5CC5)n4)cc3)cc2)c[nH]1. The Labute approximate surface area is 344 Å².